The van der Waals surface area contributed by atoms with Crippen molar-refractivity contribution in [3.05, 3.63) is 120 Å². The third-order valence-corrected chi connectivity index (χ3v) is 9.25. The molecule has 4 rings (SSSR count). The molecule has 0 aliphatic carbocycles. The average Bonchev–Trinajstić information content (AvgIpc) is 3.06. The second-order valence-electron chi connectivity index (χ2n) is 10.6. The van der Waals surface area contributed by atoms with E-state index in [1.807, 2.05) is 37.3 Å². The number of methoxy groups -OCH3 is 2. The van der Waals surface area contributed by atoms with E-state index in [9.17, 15) is 18.0 Å². The van der Waals surface area contributed by atoms with Crippen LogP contribution in [0.3, 0.4) is 0 Å². The van der Waals surface area contributed by atoms with Crippen molar-refractivity contribution < 1.29 is 31.9 Å². The molecule has 242 valence electrons. The van der Waals surface area contributed by atoms with Gasteiger partial charge in [-0.15, -0.1) is 0 Å². The summed E-state index contributed by atoms with van der Waals surface area (Å²) in [6.45, 7) is 2.93. The minimum atomic E-state index is -4.33. The van der Waals surface area contributed by atoms with Crippen LogP contribution in [0.25, 0.3) is 0 Å². The quantitative estimate of drug-likeness (QED) is 0.204. The molecule has 2 amide bonds. The molecule has 0 aliphatic heterocycles. The molecule has 4 aromatic carbocycles. The number of halogens is 1. The number of benzene rings is 4. The fourth-order valence-electron chi connectivity index (χ4n) is 5.00. The Morgan fingerprint density at radius 3 is 2.15 bits per heavy atom. The average molecular weight is 648 g/mol. The molecule has 0 radical (unpaired) electrons. The van der Waals surface area contributed by atoms with Crippen LogP contribution in [0.2, 0.25) is 0 Å². The lowest BCUT2D eigenvalue weighted by atomic mass is 10.0. The first-order chi connectivity index (χ1) is 22.1. The van der Waals surface area contributed by atoms with Gasteiger partial charge in [-0.05, 0) is 49.7 Å². The standard InChI is InChI=1S/C35H38FN3O6S/c1-5-37-35(41)31(21-26-11-7-6-8-12-26)38(23-27-13-9-10-14-30(27)36)34(40)24-39(28-17-20-32(44-3)33(22-28)45-4)46(42,43)29-18-15-25(2)16-19-29/h6-20,22,31H,5,21,23-24H2,1-4H3,(H,37,41). The minimum absolute atomic E-state index is 0.0362. The molecule has 0 saturated carbocycles. The number of rotatable bonds is 14. The molecule has 46 heavy (non-hydrogen) atoms. The molecule has 0 saturated heterocycles. The molecule has 0 spiro atoms. The van der Waals surface area contributed by atoms with Crippen LogP contribution >= 0.6 is 0 Å². The number of hydrogen-bond donors (Lipinski definition) is 1. The maximum atomic E-state index is 15.0. The zero-order chi connectivity index (χ0) is 33.3. The zero-order valence-electron chi connectivity index (χ0n) is 26.3. The predicted molar refractivity (Wildman–Crippen MR) is 175 cm³/mol. The Labute approximate surface area is 269 Å². The van der Waals surface area contributed by atoms with E-state index in [2.05, 4.69) is 5.32 Å². The Morgan fingerprint density at radius 1 is 0.870 bits per heavy atom. The van der Waals surface area contributed by atoms with Gasteiger partial charge in [0.05, 0.1) is 24.8 Å². The lowest BCUT2D eigenvalue weighted by molar-refractivity contribution is -0.140. The summed E-state index contributed by atoms with van der Waals surface area (Å²) in [5, 5.41) is 2.79. The van der Waals surface area contributed by atoms with Gasteiger partial charge in [0.2, 0.25) is 11.8 Å². The molecule has 0 aromatic heterocycles. The highest BCUT2D eigenvalue weighted by molar-refractivity contribution is 7.92. The predicted octanol–water partition coefficient (Wildman–Crippen LogP) is 5.12. The van der Waals surface area contributed by atoms with E-state index < -0.39 is 40.2 Å². The van der Waals surface area contributed by atoms with Crippen LogP contribution in [0.4, 0.5) is 10.1 Å². The molecule has 0 fully saturated rings. The van der Waals surface area contributed by atoms with E-state index in [1.165, 1.54) is 61.6 Å². The SMILES string of the molecule is CCNC(=O)C(Cc1ccccc1)N(Cc1ccccc1F)C(=O)CN(c1ccc(OC)c(OC)c1)S(=O)(=O)c1ccc(C)cc1. The Morgan fingerprint density at radius 2 is 1.52 bits per heavy atom. The Hall–Kier alpha value is -4.90. The maximum Gasteiger partial charge on any atom is 0.264 e. The van der Waals surface area contributed by atoms with Gasteiger partial charge in [-0.3, -0.25) is 13.9 Å². The van der Waals surface area contributed by atoms with Gasteiger partial charge in [-0.1, -0.05) is 66.2 Å². The summed E-state index contributed by atoms with van der Waals surface area (Å²) >= 11 is 0. The molecule has 1 atom stereocenters. The van der Waals surface area contributed by atoms with Crippen molar-refractivity contribution >= 4 is 27.5 Å². The summed E-state index contributed by atoms with van der Waals surface area (Å²) in [4.78, 5) is 29.2. The monoisotopic (exact) mass is 647 g/mol. The summed E-state index contributed by atoms with van der Waals surface area (Å²) in [6.07, 6.45) is 0.119. The molecule has 0 aliphatic rings. The van der Waals surface area contributed by atoms with Crippen molar-refractivity contribution in [1.82, 2.24) is 10.2 Å². The molecular formula is C35H38FN3O6S. The topological polar surface area (TPSA) is 105 Å². The van der Waals surface area contributed by atoms with E-state index in [1.54, 1.807) is 31.2 Å². The molecule has 11 heteroatoms. The number of amides is 2. The van der Waals surface area contributed by atoms with E-state index >= 15 is 4.39 Å². The molecule has 1 N–H and O–H groups in total. The van der Waals surface area contributed by atoms with Crippen LogP contribution in [0.5, 0.6) is 11.5 Å². The lowest BCUT2D eigenvalue weighted by Gasteiger charge is -2.34. The van der Waals surface area contributed by atoms with Crippen molar-refractivity contribution in [2.45, 2.75) is 37.8 Å². The normalized spacial score (nSPS) is 11.8. The van der Waals surface area contributed by atoms with Gasteiger partial charge < -0.3 is 19.7 Å². The van der Waals surface area contributed by atoms with Gasteiger partial charge >= 0.3 is 0 Å². The third-order valence-electron chi connectivity index (χ3n) is 7.46. The highest BCUT2D eigenvalue weighted by atomic mass is 32.2. The van der Waals surface area contributed by atoms with Gasteiger partial charge in [0.15, 0.2) is 11.5 Å². The van der Waals surface area contributed by atoms with Crippen molar-refractivity contribution in [3.63, 3.8) is 0 Å². The van der Waals surface area contributed by atoms with Gasteiger partial charge in [-0.2, -0.15) is 0 Å². The number of sulfonamides is 1. The van der Waals surface area contributed by atoms with Crippen LogP contribution in [-0.4, -0.2) is 58.5 Å². The zero-order valence-corrected chi connectivity index (χ0v) is 27.1. The molecule has 9 nitrogen and oxygen atoms in total. The summed E-state index contributed by atoms with van der Waals surface area (Å²) in [6, 6.07) is 24.8. The van der Waals surface area contributed by atoms with Crippen molar-refractivity contribution in [2.75, 3.05) is 31.6 Å². The number of carbonyl (C=O) groups is 2. The number of aryl methyl sites for hydroxylation is 1. The fraction of sp³-hybridized carbons (Fsp3) is 0.257. The van der Waals surface area contributed by atoms with Gasteiger partial charge in [0, 0.05) is 31.1 Å². The van der Waals surface area contributed by atoms with Gasteiger partial charge in [0.1, 0.15) is 18.4 Å². The van der Waals surface area contributed by atoms with E-state index in [0.29, 0.717) is 12.3 Å². The largest absolute Gasteiger partial charge is 0.493 e. The van der Waals surface area contributed by atoms with Crippen molar-refractivity contribution in [2.24, 2.45) is 0 Å². The minimum Gasteiger partial charge on any atom is -0.493 e. The number of hydrogen-bond acceptors (Lipinski definition) is 6. The van der Waals surface area contributed by atoms with E-state index in [-0.39, 0.29) is 34.9 Å². The van der Waals surface area contributed by atoms with Crippen LogP contribution in [-0.2, 0) is 32.6 Å². The van der Waals surface area contributed by atoms with Gasteiger partial charge in [0.25, 0.3) is 10.0 Å². The van der Waals surface area contributed by atoms with Crippen molar-refractivity contribution in [1.29, 1.82) is 0 Å². The summed E-state index contributed by atoms with van der Waals surface area (Å²) < 4.78 is 55.2. The second-order valence-corrected chi connectivity index (χ2v) is 12.4. The highest BCUT2D eigenvalue weighted by Crippen LogP contribution is 2.34. The molecule has 0 bridgehead atoms. The van der Waals surface area contributed by atoms with Crippen LogP contribution < -0.4 is 19.1 Å². The van der Waals surface area contributed by atoms with Crippen molar-refractivity contribution in [3.8, 4) is 11.5 Å². The number of anilines is 1. The lowest BCUT2D eigenvalue weighted by Crippen LogP contribution is -2.53. The first-order valence-corrected chi connectivity index (χ1v) is 16.2. The third kappa shape index (κ3) is 8.02. The molecule has 1 unspecified atom stereocenters. The first kappa shape index (κ1) is 34.0. The summed E-state index contributed by atoms with van der Waals surface area (Å²) in [5.74, 6) is -1.09. The second kappa shape index (κ2) is 15.4. The molecule has 0 heterocycles. The fourth-order valence-corrected chi connectivity index (χ4v) is 6.41. The van der Waals surface area contributed by atoms with E-state index in [4.69, 9.17) is 9.47 Å². The van der Waals surface area contributed by atoms with Gasteiger partial charge in [-0.25, -0.2) is 12.8 Å². The molecule has 4 aromatic rings. The maximum absolute atomic E-state index is 15.0. The number of carbonyl (C=O) groups excluding carboxylic acids is 2. The Balaban J connectivity index is 1.84. The summed E-state index contributed by atoms with van der Waals surface area (Å²) in [7, 11) is -1.45. The van der Waals surface area contributed by atoms with Crippen LogP contribution in [0.1, 0.15) is 23.6 Å². The smallest absolute Gasteiger partial charge is 0.264 e. The number of likely N-dealkylation sites (N-methyl/N-ethyl adjacent to an activating group) is 1. The Kier molecular flexibility index (Phi) is 11.4. The molecular weight excluding hydrogens is 609 g/mol. The van der Waals surface area contributed by atoms with E-state index in [0.717, 1.165) is 15.4 Å². The first-order valence-electron chi connectivity index (χ1n) is 14.7. The number of nitrogens with zero attached hydrogens (tertiary/aromatic N) is 2. The summed E-state index contributed by atoms with van der Waals surface area (Å²) in [5.41, 5.74) is 1.94. The van der Waals surface area contributed by atoms with Crippen LogP contribution in [0.15, 0.2) is 102 Å². The number of ether oxygens (including phenoxy) is 2. The van der Waals surface area contributed by atoms with Crippen LogP contribution in [0, 0.1) is 12.7 Å². The number of nitrogens with one attached hydrogen (secondary N) is 1. The highest BCUT2D eigenvalue weighted by Gasteiger charge is 2.35. The Bertz CT molecular complexity index is 1750.